The van der Waals surface area contributed by atoms with Gasteiger partial charge in [-0.2, -0.15) is 0 Å². The lowest BCUT2D eigenvalue weighted by Crippen LogP contribution is -2.07. The highest BCUT2D eigenvalue weighted by Crippen LogP contribution is 2.16. The van der Waals surface area contributed by atoms with Gasteiger partial charge in [0.15, 0.2) is 0 Å². The maximum Gasteiger partial charge on any atom is 0.305 e. The molecule has 2 atom stereocenters. The lowest BCUT2D eigenvalue weighted by atomic mass is 10.2. The smallest absolute Gasteiger partial charge is 0.305 e. The predicted octanol–water partition coefficient (Wildman–Crippen LogP) is 0.888. The zero-order chi connectivity index (χ0) is 9.80. The van der Waals surface area contributed by atoms with Crippen LogP contribution in [0.4, 0.5) is 0 Å². The highest BCUT2D eigenvalue weighted by atomic mass is 16.6. The quantitative estimate of drug-likeness (QED) is 0.348. The summed E-state index contributed by atoms with van der Waals surface area (Å²) in [6.07, 6.45) is 3.99. The van der Waals surface area contributed by atoms with Crippen LogP contribution in [0.3, 0.4) is 0 Å². The molecule has 0 saturated carbocycles. The molecular formula is C10H16O4. The molecule has 0 spiro atoms. The Balaban J connectivity index is 1.40. The van der Waals surface area contributed by atoms with Gasteiger partial charge in [0.25, 0.3) is 0 Å². The van der Waals surface area contributed by atoms with Crippen molar-refractivity contribution in [2.75, 3.05) is 19.8 Å². The van der Waals surface area contributed by atoms with Crippen LogP contribution in [0.25, 0.3) is 0 Å². The second-order valence-corrected chi connectivity index (χ2v) is 3.81. The summed E-state index contributed by atoms with van der Waals surface area (Å²) >= 11 is 0. The Morgan fingerprint density at radius 1 is 1.21 bits per heavy atom. The number of epoxide rings is 2. The van der Waals surface area contributed by atoms with Crippen molar-refractivity contribution in [2.45, 2.75) is 37.9 Å². The van der Waals surface area contributed by atoms with Crippen molar-refractivity contribution in [3.05, 3.63) is 0 Å². The van der Waals surface area contributed by atoms with Gasteiger partial charge in [0.2, 0.25) is 0 Å². The first-order chi connectivity index (χ1) is 6.84. The molecule has 0 bridgehead atoms. The fourth-order valence-electron chi connectivity index (χ4n) is 1.32. The maximum absolute atomic E-state index is 11.1. The average Bonchev–Trinajstić information content (AvgIpc) is 3.02. The minimum atomic E-state index is -0.0998. The fourth-order valence-corrected chi connectivity index (χ4v) is 1.32. The highest BCUT2D eigenvalue weighted by molar-refractivity contribution is 5.69. The molecule has 80 valence electrons. The van der Waals surface area contributed by atoms with E-state index in [9.17, 15) is 4.79 Å². The number of carbonyl (C=O) groups is 1. The van der Waals surface area contributed by atoms with E-state index in [4.69, 9.17) is 14.2 Å². The number of ether oxygens (including phenoxy) is 3. The Morgan fingerprint density at radius 2 is 1.86 bits per heavy atom. The van der Waals surface area contributed by atoms with Crippen LogP contribution in [0.15, 0.2) is 0 Å². The van der Waals surface area contributed by atoms with E-state index in [0.29, 0.717) is 25.2 Å². The van der Waals surface area contributed by atoms with E-state index in [2.05, 4.69) is 0 Å². The summed E-state index contributed by atoms with van der Waals surface area (Å²) < 4.78 is 15.1. The zero-order valence-corrected chi connectivity index (χ0v) is 8.24. The summed E-state index contributed by atoms with van der Waals surface area (Å²) in [5, 5.41) is 0. The van der Waals surface area contributed by atoms with E-state index in [-0.39, 0.29) is 5.97 Å². The first-order valence-electron chi connectivity index (χ1n) is 5.23. The summed E-state index contributed by atoms with van der Waals surface area (Å²) in [6, 6.07) is 0. The molecule has 0 aliphatic carbocycles. The van der Waals surface area contributed by atoms with Crippen LogP contribution >= 0.6 is 0 Å². The molecule has 2 unspecified atom stereocenters. The van der Waals surface area contributed by atoms with Crippen LogP contribution in [0.5, 0.6) is 0 Å². The maximum atomic E-state index is 11.1. The van der Waals surface area contributed by atoms with E-state index in [1.54, 1.807) is 0 Å². The van der Waals surface area contributed by atoms with Crippen LogP contribution in [-0.4, -0.2) is 38.0 Å². The van der Waals surface area contributed by atoms with Crippen LogP contribution < -0.4 is 0 Å². The molecule has 0 amide bonds. The normalized spacial score (nSPS) is 28.6. The minimum Gasteiger partial charge on any atom is -0.466 e. The summed E-state index contributed by atoms with van der Waals surface area (Å²) in [5.41, 5.74) is 0. The van der Waals surface area contributed by atoms with Gasteiger partial charge in [0, 0.05) is 6.42 Å². The molecule has 4 nitrogen and oxygen atoms in total. The SMILES string of the molecule is O=C(CCC1CO1)OCCCC1CO1. The van der Waals surface area contributed by atoms with Crippen molar-refractivity contribution in [1.29, 1.82) is 0 Å². The van der Waals surface area contributed by atoms with Crippen molar-refractivity contribution in [1.82, 2.24) is 0 Å². The molecule has 14 heavy (non-hydrogen) atoms. The molecule has 2 heterocycles. The van der Waals surface area contributed by atoms with Crippen molar-refractivity contribution in [3.8, 4) is 0 Å². The lowest BCUT2D eigenvalue weighted by molar-refractivity contribution is -0.144. The molecule has 2 rings (SSSR count). The predicted molar refractivity (Wildman–Crippen MR) is 48.9 cm³/mol. The van der Waals surface area contributed by atoms with Gasteiger partial charge in [-0.15, -0.1) is 0 Å². The Bertz CT molecular complexity index is 196. The third-order valence-electron chi connectivity index (χ3n) is 2.41. The highest BCUT2D eigenvalue weighted by Gasteiger charge is 2.23. The Labute approximate surface area is 83.5 Å². The summed E-state index contributed by atoms with van der Waals surface area (Å²) in [4.78, 5) is 11.1. The van der Waals surface area contributed by atoms with Crippen molar-refractivity contribution in [3.63, 3.8) is 0 Å². The van der Waals surface area contributed by atoms with Gasteiger partial charge >= 0.3 is 5.97 Å². The third kappa shape index (κ3) is 4.07. The Hall–Kier alpha value is -0.610. The second-order valence-electron chi connectivity index (χ2n) is 3.81. The molecule has 2 aliphatic rings. The van der Waals surface area contributed by atoms with Crippen LogP contribution in [0.1, 0.15) is 25.7 Å². The van der Waals surface area contributed by atoms with Crippen LogP contribution in [0, 0.1) is 0 Å². The van der Waals surface area contributed by atoms with Gasteiger partial charge in [-0.3, -0.25) is 4.79 Å². The van der Waals surface area contributed by atoms with E-state index in [1.165, 1.54) is 0 Å². The average molecular weight is 200 g/mol. The Morgan fingerprint density at radius 3 is 2.50 bits per heavy atom. The molecule has 0 N–H and O–H groups in total. The molecule has 2 aliphatic heterocycles. The number of carbonyl (C=O) groups excluding carboxylic acids is 1. The van der Waals surface area contributed by atoms with E-state index >= 15 is 0 Å². The summed E-state index contributed by atoms with van der Waals surface area (Å²) in [6.45, 7) is 2.23. The summed E-state index contributed by atoms with van der Waals surface area (Å²) in [5.74, 6) is -0.0998. The minimum absolute atomic E-state index is 0.0998. The van der Waals surface area contributed by atoms with Crippen LogP contribution in [0.2, 0.25) is 0 Å². The fraction of sp³-hybridized carbons (Fsp3) is 0.900. The second kappa shape index (κ2) is 4.75. The molecule has 0 aromatic heterocycles. The first kappa shape index (κ1) is 9.93. The van der Waals surface area contributed by atoms with E-state index < -0.39 is 0 Å². The number of hydrogen-bond donors (Lipinski definition) is 0. The summed E-state index contributed by atoms with van der Waals surface area (Å²) in [7, 11) is 0. The molecule has 0 radical (unpaired) electrons. The van der Waals surface area contributed by atoms with Gasteiger partial charge in [-0.05, 0) is 19.3 Å². The van der Waals surface area contributed by atoms with E-state index in [1.807, 2.05) is 0 Å². The van der Waals surface area contributed by atoms with Crippen molar-refractivity contribution in [2.24, 2.45) is 0 Å². The molecule has 2 saturated heterocycles. The standard InChI is InChI=1S/C10H16O4/c11-10(4-3-9-7-14-9)12-5-1-2-8-6-13-8/h8-9H,1-7H2. The van der Waals surface area contributed by atoms with Gasteiger partial charge in [-0.25, -0.2) is 0 Å². The molecule has 0 aromatic carbocycles. The Kier molecular flexibility index (Phi) is 3.37. The molecular weight excluding hydrogens is 184 g/mol. The molecule has 4 heteroatoms. The third-order valence-corrected chi connectivity index (χ3v) is 2.41. The van der Waals surface area contributed by atoms with Gasteiger partial charge in [0.05, 0.1) is 32.0 Å². The first-order valence-corrected chi connectivity index (χ1v) is 5.23. The number of rotatable bonds is 7. The zero-order valence-electron chi connectivity index (χ0n) is 8.24. The number of hydrogen-bond acceptors (Lipinski definition) is 4. The number of esters is 1. The van der Waals surface area contributed by atoms with Gasteiger partial charge in [-0.1, -0.05) is 0 Å². The van der Waals surface area contributed by atoms with Crippen LogP contribution in [-0.2, 0) is 19.0 Å². The van der Waals surface area contributed by atoms with Gasteiger partial charge < -0.3 is 14.2 Å². The molecule has 0 aromatic rings. The molecule has 2 fully saturated rings. The lowest BCUT2D eigenvalue weighted by Gasteiger charge is -2.02. The van der Waals surface area contributed by atoms with Crippen molar-refractivity contribution >= 4 is 5.97 Å². The monoisotopic (exact) mass is 200 g/mol. The van der Waals surface area contributed by atoms with Gasteiger partial charge in [0.1, 0.15) is 0 Å². The van der Waals surface area contributed by atoms with Crippen molar-refractivity contribution < 1.29 is 19.0 Å². The van der Waals surface area contributed by atoms with E-state index in [0.717, 1.165) is 32.5 Å². The topological polar surface area (TPSA) is 51.4 Å². The largest absolute Gasteiger partial charge is 0.466 e.